The first-order valence-electron chi connectivity index (χ1n) is 5.54. The number of halogens is 1. The largest absolute Gasteiger partial charge is 0.464 e. The Morgan fingerprint density at radius 3 is 2.81 bits per heavy atom. The fourth-order valence-electron chi connectivity index (χ4n) is 1.45. The second-order valence-corrected chi connectivity index (χ2v) is 3.68. The number of nitrogens with zero attached hydrogens (tertiary/aromatic N) is 3. The number of para-hydroxylation sites is 1. The van der Waals surface area contributed by atoms with Crippen LogP contribution in [-0.2, 0) is 4.74 Å². The number of carbonyl (C=O) groups excluding carboxylic acids is 1. The van der Waals surface area contributed by atoms with Gasteiger partial charge in [0.15, 0.2) is 11.5 Å². The molecule has 0 unspecified atom stereocenters. The van der Waals surface area contributed by atoms with Gasteiger partial charge in [-0.2, -0.15) is 0 Å². The molecule has 0 aliphatic carbocycles. The van der Waals surface area contributed by atoms with Gasteiger partial charge in [-0.15, -0.1) is 0 Å². The number of nitro groups is 1. The summed E-state index contributed by atoms with van der Waals surface area (Å²) in [6, 6.07) is 3.26. The highest BCUT2D eigenvalue weighted by Gasteiger charge is 2.21. The monoisotopic (exact) mass is 293 g/mol. The summed E-state index contributed by atoms with van der Waals surface area (Å²) in [6.07, 6.45) is 2.21. The molecule has 8 nitrogen and oxygen atoms in total. The standard InChI is InChI=1S/C12H8FN3O5/c1-20-12(17)8-5-14-6-10(15-8)21-11-7(13)3-2-4-9(11)16(18)19/h2-6H,1H3. The van der Waals surface area contributed by atoms with Crippen LogP contribution < -0.4 is 4.74 Å². The van der Waals surface area contributed by atoms with Crippen molar-refractivity contribution in [1.82, 2.24) is 9.97 Å². The summed E-state index contributed by atoms with van der Waals surface area (Å²) in [5.74, 6) is -2.59. The Bertz CT molecular complexity index is 707. The van der Waals surface area contributed by atoms with Gasteiger partial charge < -0.3 is 9.47 Å². The highest BCUT2D eigenvalue weighted by Crippen LogP contribution is 2.32. The molecule has 0 radical (unpaired) electrons. The lowest BCUT2D eigenvalue weighted by Crippen LogP contribution is -2.06. The lowest BCUT2D eigenvalue weighted by Gasteiger charge is -2.06. The Balaban J connectivity index is 2.39. The van der Waals surface area contributed by atoms with Crippen LogP contribution in [-0.4, -0.2) is 28.0 Å². The summed E-state index contributed by atoms with van der Waals surface area (Å²) >= 11 is 0. The lowest BCUT2D eigenvalue weighted by molar-refractivity contribution is -0.385. The van der Waals surface area contributed by atoms with E-state index in [0.717, 1.165) is 31.6 Å². The van der Waals surface area contributed by atoms with Gasteiger partial charge in [-0.1, -0.05) is 6.07 Å². The molecule has 0 aliphatic heterocycles. The summed E-state index contributed by atoms with van der Waals surface area (Å²) in [6.45, 7) is 0. The van der Waals surface area contributed by atoms with E-state index >= 15 is 0 Å². The maximum Gasteiger partial charge on any atom is 0.358 e. The average Bonchev–Trinajstić information content (AvgIpc) is 2.48. The zero-order chi connectivity index (χ0) is 15.4. The van der Waals surface area contributed by atoms with Crippen LogP contribution in [0.15, 0.2) is 30.6 Å². The van der Waals surface area contributed by atoms with Gasteiger partial charge >= 0.3 is 11.7 Å². The Kier molecular flexibility index (Phi) is 4.02. The third kappa shape index (κ3) is 3.08. The number of hydrogen-bond acceptors (Lipinski definition) is 7. The van der Waals surface area contributed by atoms with Gasteiger partial charge in [0.25, 0.3) is 0 Å². The van der Waals surface area contributed by atoms with Crippen LogP contribution >= 0.6 is 0 Å². The molecule has 1 heterocycles. The van der Waals surface area contributed by atoms with Gasteiger partial charge in [0.1, 0.15) is 0 Å². The number of esters is 1. The summed E-state index contributed by atoms with van der Waals surface area (Å²) in [5, 5.41) is 10.8. The SMILES string of the molecule is COC(=O)c1cncc(Oc2c(F)cccc2[N+](=O)[O-])n1. The van der Waals surface area contributed by atoms with Crippen LogP contribution in [0.1, 0.15) is 10.5 Å². The van der Waals surface area contributed by atoms with E-state index < -0.39 is 28.1 Å². The van der Waals surface area contributed by atoms with Crippen molar-refractivity contribution in [1.29, 1.82) is 0 Å². The molecule has 0 atom stereocenters. The van der Waals surface area contributed by atoms with E-state index in [1.165, 1.54) is 6.07 Å². The summed E-state index contributed by atoms with van der Waals surface area (Å²) in [7, 11) is 1.15. The molecule has 0 spiro atoms. The minimum Gasteiger partial charge on any atom is -0.464 e. The molecule has 2 aromatic rings. The van der Waals surface area contributed by atoms with Crippen LogP contribution in [0.4, 0.5) is 10.1 Å². The normalized spacial score (nSPS) is 10.0. The van der Waals surface area contributed by atoms with Crippen LogP contribution in [0.3, 0.4) is 0 Å². The van der Waals surface area contributed by atoms with Gasteiger partial charge in [0.05, 0.1) is 24.4 Å². The number of rotatable bonds is 4. The number of methoxy groups -OCH3 is 1. The van der Waals surface area contributed by atoms with E-state index in [9.17, 15) is 19.3 Å². The summed E-state index contributed by atoms with van der Waals surface area (Å²) in [4.78, 5) is 28.7. The quantitative estimate of drug-likeness (QED) is 0.483. The van der Waals surface area contributed by atoms with Crippen molar-refractivity contribution in [3.63, 3.8) is 0 Å². The molecule has 0 aliphatic rings. The first-order valence-corrected chi connectivity index (χ1v) is 5.54. The molecular weight excluding hydrogens is 285 g/mol. The summed E-state index contributed by atoms with van der Waals surface area (Å²) in [5.41, 5.74) is -0.741. The van der Waals surface area contributed by atoms with E-state index in [-0.39, 0.29) is 11.6 Å². The van der Waals surface area contributed by atoms with E-state index in [4.69, 9.17) is 4.74 Å². The molecule has 9 heteroatoms. The Labute approximate surface area is 117 Å². The maximum atomic E-state index is 13.7. The molecular formula is C12H8FN3O5. The minimum absolute atomic E-state index is 0.172. The average molecular weight is 293 g/mol. The van der Waals surface area contributed by atoms with E-state index in [0.29, 0.717) is 0 Å². The molecule has 108 valence electrons. The second-order valence-electron chi connectivity index (χ2n) is 3.68. The van der Waals surface area contributed by atoms with E-state index in [1.54, 1.807) is 0 Å². The van der Waals surface area contributed by atoms with Gasteiger partial charge in [-0.05, 0) is 6.07 Å². The number of aromatic nitrogens is 2. The van der Waals surface area contributed by atoms with Crippen molar-refractivity contribution in [3.05, 3.63) is 52.2 Å². The van der Waals surface area contributed by atoms with Crippen LogP contribution in [0.25, 0.3) is 0 Å². The topological polar surface area (TPSA) is 104 Å². The Hall–Kier alpha value is -3.10. The highest BCUT2D eigenvalue weighted by atomic mass is 19.1. The first kappa shape index (κ1) is 14.3. The predicted molar refractivity (Wildman–Crippen MR) is 66.5 cm³/mol. The van der Waals surface area contributed by atoms with Gasteiger partial charge in [-0.3, -0.25) is 15.1 Å². The number of nitro benzene ring substituents is 1. The highest BCUT2D eigenvalue weighted by molar-refractivity contribution is 5.86. The molecule has 0 saturated heterocycles. The molecule has 2 rings (SSSR count). The number of benzene rings is 1. The number of carbonyl (C=O) groups is 1. The molecule has 0 amide bonds. The molecule has 0 bridgehead atoms. The van der Waals surface area contributed by atoms with Gasteiger partial charge in [-0.25, -0.2) is 14.2 Å². The van der Waals surface area contributed by atoms with E-state index in [1.807, 2.05) is 0 Å². The van der Waals surface area contributed by atoms with Crippen molar-refractivity contribution >= 4 is 11.7 Å². The number of hydrogen-bond donors (Lipinski definition) is 0. The smallest absolute Gasteiger partial charge is 0.358 e. The third-order valence-corrected chi connectivity index (χ3v) is 2.36. The van der Waals surface area contributed by atoms with Gasteiger partial charge in [0, 0.05) is 6.07 Å². The van der Waals surface area contributed by atoms with Crippen molar-refractivity contribution in [2.24, 2.45) is 0 Å². The molecule has 0 N–H and O–H groups in total. The zero-order valence-corrected chi connectivity index (χ0v) is 10.6. The molecule has 21 heavy (non-hydrogen) atoms. The number of ether oxygens (including phenoxy) is 2. The fourth-order valence-corrected chi connectivity index (χ4v) is 1.45. The molecule has 1 aromatic carbocycles. The minimum atomic E-state index is -0.936. The zero-order valence-electron chi connectivity index (χ0n) is 10.6. The first-order chi connectivity index (χ1) is 10.0. The molecule has 0 saturated carbocycles. The van der Waals surface area contributed by atoms with E-state index in [2.05, 4.69) is 14.7 Å². The fraction of sp³-hybridized carbons (Fsp3) is 0.0833. The predicted octanol–water partition coefficient (Wildman–Crippen LogP) is 2.10. The Morgan fingerprint density at radius 2 is 2.14 bits per heavy atom. The second kappa shape index (κ2) is 5.90. The Morgan fingerprint density at radius 1 is 1.38 bits per heavy atom. The lowest BCUT2D eigenvalue weighted by atomic mass is 10.3. The van der Waals surface area contributed by atoms with Crippen LogP contribution in [0.2, 0.25) is 0 Å². The third-order valence-electron chi connectivity index (χ3n) is 2.36. The maximum absolute atomic E-state index is 13.7. The van der Waals surface area contributed by atoms with Crippen molar-refractivity contribution in [3.8, 4) is 11.6 Å². The van der Waals surface area contributed by atoms with Crippen molar-refractivity contribution in [2.45, 2.75) is 0 Å². The van der Waals surface area contributed by atoms with Crippen LogP contribution in [0.5, 0.6) is 11.6 Å². The van der Waals surface area contributed by atoms with Gasteiger partial charge in [0.2, 0.25) is 11.6 Å². The summed E-state index contributed by atoms with van der Waals surface area (Å²) < 4.78 is 23.1. The van der Waals surface area contributed by atoms with Crippen molar-refractivity contribution < 1.29 is 23.6 Å². The molecule has 0 fully saturated rings. The molecule has 1 aromatic heterocycles. The van der Waals surface area contributed by atoms with Crippen LogP contribution in [0, 0.1) is 15.9 Å². The van der Waals surface area contributed by atoms with Crippen molar-refractivity contribution in [2.75, 3.05) is 7.11 Å².